The fourth-order valence-corrected chi connectivity index (χ4v) is 4.12. The molecule has 2 aromatic rings. The summed E-state index contributed by atoms with van der Waals surface area (Å²) in [4.78, 5) is 37.3. The molecule has 2 aromatic carbocycles. The van der Waals surface area contributed by atoms with E-state index in [1.165, 1.54) is 0 Å². The number of hydrogen-bond donors (Lipinski definition) is 1. The average Bonchev–Trinajstić information content (AvgIpc) is 2.74. The molecule has 0 fully saturated rings. The number of benzene rings is 2. The number of hydrogen-bond acceptors (Lipinski definition) is 4. The van der Waals surface area contributed by atoms with Crippen LogP contribution in [0.4, 0.5) is 0 Å². The molecule has 1 amide bonds. The second kappa shape index (κ2) is 12.2. The predicted octanol–water partition coefficient (Wildman–Crippen LogP) is 6.58. The number of carbonyl (C=O) groups is 3. The summed E-state index contributed by atoms with van der Waals surface area (Å²) in [5.41, 5.74) is 3.46. The van der Waals surface area contributed by atoms with E-state index in [4.69, 9.17) is 16.3 Å². The number of ketones is 1. The lowest BCUT2D eigenvalue weighted by molar-refractivity contribution is -0.154. The molecule has 1 N–H and O–H groups in total. The first-order valence-electron chi connectivity index (χ1n) is 11.8. The highest BCUT2D eigenvalue weighted by Crippen LogP contribution is 2.30. The van der Waals surface area contributed by atoms with E-state index in [9.17, 15) is 14.4 Å². The van der Waals surface area contributed by atoms with E-state index < -0.39 is 5.60 Å². The van der Waals surface area contributed by atoms with Crippen molar-refractivity contribution in [3.05, 3.63) is 69.2 Å². The van der Waals surface area contributed by atoms with Gasteiger partial charge in [0.1, 0.15) is 5.60 Å². The van der Waals surface area contributed by atoms with Crippen LogP contribution in [0.15, 0.2) is 36.4 Å². The van der Waals surface area contributed by atoms with E-state index in [1.54, 1.807) is 32.9 Å². The SMILES string of the molecule is CCCC(CC(=O)c1cc(C)cc(C)c1Cl)c1ccc(C(=O)NCCC(=O)OC(C)(C)C)cc1. The van der Waals surface area contributed by atoms with Gasteiger partial charge in [-0.15, -0.1) is 0 Å². The molecule has 1 unspecified atom stereocenters. The van der Waals surface area contributed by atoms with Crippen molar-refractivity contribution in [3.63, 3.8) is 0 Å². The molecule has 0 aliphatic rings. The van der Waals surface area contributed by atoms with Gasteiger partial charge in [0, 0.05) is 24.1 Å². The summed E-state index contributed by atoms with van der Waals surface area (Å²) in [7, 11) is 0. The fourth-order valence-electron chi connectivity index (χ4n) is 3.90. The summed E-state index contributed by atoms with van der Waals surface area (Å²) < 4.78 is 5.25. The maximum atomic E-state index is 13.1. The minimum atomic E-state index is -0.545. The Kier molecular flexibility index (Phi) is 9.87. The molecule has 0 aliphatic carbocycles. The number of amides is 1. The Bertz CT molecular complexity index is 1020. The third kappa shape index (κ3) is 8.28. The van der Waals surface area contributed by atoms with Crippen LogP contribution >= 0.6 is 11.6 Å². The number of carbonyl (C=O) groups excluding carboxylic acids is 3. The molecule has 2 rings (SSSR count). The van der Waals surface area contributed by atoms with Crippen LogP contribution in [0.1, 0.15) is 96.7 Å². The minimum absolute atomic E-state index is 0.0270. The topological polar surface area (TPSA) is 72.5 Å². The Hall–Kier alpha value is -2.66. The van der Waals surface area contributed by atoms with Crippen LogP contribution in [0, 0.1) is 13.8 Å². The summed E-state index contributed by atoms with van der Waals surface area (Å²) in [6, 6.07) is 11.1. The van der Waals surface area contributed by atoms with Gasteiger partial charge in [0.25, 0.3) is 5.91 Å². The number of rotatable bonds is 10. The Labute approximate surface area is 208 Å². The molecule has 0 radical (unpaired) electrons. The van der Waals surface area contributed by atoms with Gasteiger partial charge >= 0.3 is 5.97 Å². The molecule has 0 heterocycles. The summed E-state index contributed by atoms with van der Waals surface area (Å²) in [6.07, 6.45) is 2.27. The van der Waals surface area contributed by atoms with Crippen LogP contribution in [-0.4, -0.2) is 29.8 Å². The number of nitrogens with one attached hydrogen (secondary N) is 1. The van der Waals surface area contributed by atoms with E-state index >= 15 is 0 Å². The predicted molar refractivity (Wildman–Crippen MR) is 137 cm³/mol. The zero-order valence-electron chi connectivity index (χ0n) is 21.1. The Balaban J connectivity index is 2.03. The number of halogens is 1. The normalized spacial score (nSPS) is 12.2. The maximum Gasteiger partial charge on any atom is 0.308 e. The Morgan fingerprint density at radius 1 is 1.06 bits per heavy atom. The van der Waals surface area contributed by atoms with E-state index in [-0.39, 0.29) is 36.5 Å². The highest BCUT2D eigenvalue weighted by atomic mass is 35.5. The van der Waals surface area contributed by atoms with Gasteiger partial charge in [0.15, 0.2) is 5.78 Å². The van der Waals surface area contributed by atoms with Crippen LogP contribution in [0.5, 0.6) is 0 Å². The molecule has 184 valence electrons. The third-order valence-corrected chi connectivity index (χ3v) is 5.95. The first-order chi connectivity index (χ1) is 15.9. The molecule has 0 saturated heterocycles. The van der Waals surface area contributed by atoms with Crippen LogP contribution in [0.2, 0.25) is 5.02 Å². The number of esters is 1. The smallest absolute Gasteiger partial charge is 0.308 e. The highest BCUT2D eigenvalue weighted by molar-refractivity contribution is 6.34. The van der Waals surface area contributed by atoms with Gasteiger partial charge in [-0.2, -0.15) is 0 Å². The molecule has 0 saturated carbocycles. The summed E-state index contributed by atoms with van der Waals surface area (Å²) >= 11 is 6.42. The van der Waals surface area contributed by atoms with Crippen molar-refractivity contribution < 1.29 is 19.1 Å². The molecule has 1 atom stereocenters. The standard InChI is InChI=1S/C28H36ClNO4/c1-7-8-22(17-24(31)23-16-18(2)15-19(3)26(23)29)20-9-11-21(12-10-20)27(33)30-14-13-25(32)34-28(4,5)6/h9-12,15-16,22H,7-8,13-14,17H2,1-6H3,(H,30,33). The Morgan fingerprint density at radius 3 is 2.29 bits per heavy atom. The monoisotopic (exact) mass is 485 g/mol. The summed E-state index contributed by atoms with van der Waals surface area (Å²) in [5, 5.41) is 3.27. The first-order valence-corrected chi connectivity index (χ1v) is 12.2. The Morgan fingerprint density at radius 2 is 1.71 bits per heavy atom. The van der Waals surface area contributed by atoms with Crippen molar-refractivity contribution in [3.8, 4) is 0 Å². The van der Waals surface area contributed by atoms with Crippen LogP contribution in [0.25, 0.3) is 0 Å². The van der Waals surface area contributed by atoms with Gasteiger partial charge < -0.3 is 10.1 Å². The van der Waals surface area contributed by atoms with Crippen LogP contribution in [0.3, 0.4) is 0 Å². The maximum absolute atomic E-state index is 13.1. The van der Waals surface area contributed by atoms with Gasteiger partial charge in [-0.1, -0.05) is 48.7 Å². The largest absolute Gasteiger partial charge is 0.460 e. The van der Waals surface area contributed by atoms with Crippen molar-refractivity contribution in [1.29, 1.82) is 0 Å². The molecule has 6 heteroatoms. The van der Waals surface area contributed by atoms with E-state index in [0.717, 1.165) is 29.5 Å². The van der Waals surface area contributed by atoms with Crippen molar-refractivity contribution >= 4 is 29.3 Å². The molecule has 0 bridgehead atoms. The first kappa shape index (κ1) is 27.6. The fraction of sp³-hybridized carbons (Fsp3) is 0.464. The van der Waals surface area contributed by atoms with Gasteiger partial charge in [0.2, 0.25) is 0 Å². The van der Waals surface area contributed by atoms with E-state index in [2.05, 4.69) is 12.2 Å². The highest BCUT2D eigenvalue weighted by Gasteiger charge is 2.20. The molecule has 5 nitrogen and oxygen atoms in total. The number of Topliss-reactive ketones (excluding diaryl/α,β-unsaturated/α-hetero) is 1. The van der Waals surface area contributed by atoms with E-state index in [1.807, 2.05) is 38.1 Å². The van der Waals surface area contributed by atoms with Crippen LogP contribution < -0.4 is 5.32 Å². The summed E-state index contributed by atoms with van der Waals surface area (Å²) in [5.74, 6) is -0.530. The van der Waals surface area contributed by atoms with Gasteiger partial charge in [-0.05, 0) is 76.3 Å². The zero-order chi connectivity index (χ0) is 25.5. The quantitative estimate of drug-likeness (QED) is 0.305. The molecule has 34 heavy (non-hydrogen) atoms. The van der Waals surface area contributed by atoms with Gasteiger partial charge in [-0.3, -0.25) is 14.4 Å². The zero-order valence-corrected chi connectivity index (χ0v) is 21.8. The average molecular weight is 486 g/mol. The lowest BCUT2D eigenvalue weighted by Crippen LogP contribution is -2.29. The number of aryl methyl sites for hydroxylation is 2. The number of ether oxygens (including phenoxy) is 1. The van der Waals surface area contributed by atoms with Crippen molar-refractivity contribution in [2.45, 2.75) is 78.7 Å². The molecule has 0 aliphatic heterocycles. The molecule has 0 aromatic heterocycles. The van der Waals surface area contributed by atoms with Gasteiger partial charge in [-0.25, -0.2) is 0 Å². The second-order valence-corrected chi connectivity index (χ2v) is 10.1. The summed E-state index contributed by atoms with van der Waals surface area (Å²) in [6.45, 7) is 11.6. The second-order valence-electron chi connectivity index (χ2n) is 9.77. The van der Waals surface area contributed by atoms with Crippen molar-refractivity contribution in [1.82, 2.24) is 5.32 Å². The molecular weight excluding hydrogens is 450 g/mol. The molecular formula is C28H36ClNO4. The lowest BCUT2D eigenvalue weighted by atomic mass is 9.87. The van der Waals surface area contributed by atoms with Crippen molar-refractivity contribution in [2.75, 3.05) is 6.54 Å². The minimum Gasteiger partial charge on any atom is -0.460 e. The lowest BCUT2D eigenvalue weighted by Gasteiger charge is -2.19. The third-order valence-electron chi connectivity index (χ3n) is 5.45. The molecule has 0 spiro atoms. The van der Waals surface area contributed by atoms with E-state index in [0.29, 0.717) is 22.6 Å². The van der Waals surface area contributed by atoms with Crippen molar-refractivity contribution in [2.24, 2.45) is 0 Å². The van der Waals surface area contributed by atoms with Crippen LogP contribution in [-0.2, 0) is 9.53 Å². The van der Waals surface area contributed by atoms with Gasteiger partial charge in [0.05, 0.1) is 11.4 Å².